The van der Waals surface area contributed by atoms with E-state index in [1.807, 2.05) is 0 Å². The minimum absolute atomic E-state index is 0.0869. The number of amides is 2. The average molecular weight is 327 g/mol. The van der Waals surface area contributed by atoms with Crippen LogP contribution in [0.5, 0.6) is 0 Å². The Balaban J connectivity index is 1.92. The number of benzene rings is 2. The zero-order valence-corrected chi connectivity index (χ0v) is 13.4. The summed E-state index contributed by atoms with van der Waals surface area (Å²) >= 11 is 0. The highest BCUT2D eigenvalue weighted by Gasteiger charge is 2.08. The molecule has 0 saturated heterocycles. The van der Waals surface area contributed by atoms with Crippen LogP contribution in [0, 0.1) is 11.7 Å². The van der Waals surface area contributed by atoms with Crippen molar-refractivity contribution in [3.8, 4) is 0 Å². The van der Waals surface area contributed by atoms with Crippen molar-refractivity contribution in [1.82, 2.24) is 5.43 Å². The van der Waals surface area contributed by atoms with Crippen LogP contribution in [0.1, 0.15) is 29.8 Å². The molecule has 24 heavy (non-hydrogen) atoms. The molecule has 0 aliphatic carbocycles. The van der Waals surface area contributed by atoms with Gasteiger partial charge in [-0.25, -0.2) is 9.82 Å². The molecule has 0 atom stereocenters. The lowest BCUT2D eigenvalue weighted by atomic mass is 10.1. The Morgan fingerprint density at radius 1 is 1.04 bits per heavy atom. The zero-order chi connectivity index (χ0) is 17.5. The largest absolute Gasteiger partial charge is 0.326 e. The van der Waals surface area contributed by atoms with Gasteiger partial charge in [-0.3, -0.25) is 9.59 Å². The topological polar surface area (TPSA) is 70.6 Å². The Hall–Kier alpha value is -3.02. The summed E-state index contributed by atoms with van der Waals surface area (Å²) in [7, 11) is 0. The molecule has 124 valence electrons. The molecule has 2 amide bonds. The van der Waals surface area contributed by atoms with Crippen LogP contribution in [0.4, 0.5) is 10.1 Å². The fourth-order valence-corrected chi connectivity index (χ4v) is 1.77. The molecule has 5 nitrogen and oxygen atoms in total. The van der Waals surface area contributed by atoms with Crippen molar-refractivity contribution in [1.29, 1.82) is 0 Å². The van der Waals surface area contributed by atoms with Crippen LogP contribution in [0.25, 0.3) is 0 Å². The molecule has 6 heteroatoms. The summed E-state index contributed by atoms with van der Waals surface area (Å²) in [5.41, 5.74) is 4.10. The zero-order valence-electron chi connectivity index (χ0n) is 13.4. The number of hydrazone groups is 1. The fraction of sp³-hybridized carbons (Fsp3) is 0.167. The fourth-order valence-electron chi connectivity index (χ4n) is 1.77. The van der Waals surface area contributed by atoms with Crippen molar-refractivity contribution in [3.63, 3.8) is 0 Å². The summed E-state index contributed by atoms with van der Waals surface area (Å²) in [5.74, 6) is -0.916. The van der Waals surface area contributed by atoms with Gasteiger partial charge in [-0.1, -0.05) is 26.0 Å². The first-order chi connectivity index (χ1) is 11.5. The lowest BCUT2D eigenvalue weighted by molar-refractivity contribution is -0.118. The molecule has 0 saturated carbocycles. The predicted octanol–water partition coefficient (Wildman–Crippen LogP) is 3.18. The van der Waals surface area contributed by atoms with Crippen LogP contribution in [-0.2, 0) is 4.79 Å². The molecule has 0 radical (unpaired) electrons. The van der Waals surface area contributed by atoms with Gasteiger partial charge >= 0.3 is 0 Å². The number of hydrogen-bond acceptors (Lipinski definition) is 3. The Kier molecular flexibility index (Phi) is 5.78. The smallest absolute Gasteiger partial charge is 0.271 e. The van der Waals surface area contributed by atoms with E-state index >= 15 is 0 Å². The van der Waals surface area contributed by atoms with Crippen LogP contribution in [0.15, 0.2) is 53.6 Å². The van der Waals surface area contributed by atoms with Gasteiger partial charge < -0.3 is 5.32 Å². The molecule has 2 aromatic carbocycles. The van der Waals surface area contributed by atoms with Gasteiger partial charge in [0, 0.05) is 17.2 Å². The summed E-state index contributed by atoms with van der Waals surface area (Å²) in [6.07, 6.45) is 1.43. The number of nitrogens with zero attached hydrogens (tertiary/aromatic N) is 1. The van der Waals surface area contributed by atoms with Gasteiger partial charge in [0.15, 0.2) is 0 Å². The van der Waals surface area contributed by atoms with Crippen LogP contribution >= 0.6 is 0 Å². The third-order valence-electron chi connectivity index (χ3n) is 3.19. The number of carbonyl (C=O) groups excluding carboxylic acids is 2. The van der Waals surface area contributed by atoms with Gasteiger partial charge in [0.05, 0.1) is 6.21 Å². The maximum absolute atomic E-state index is 12.8. The summed E-state index contributed by atoms with van der Waals surface area (Å²) in [6.45, 7) is 3.60. The SMILES string of the molecule is CC(C)C(=O)Nc1ccc(C(=O)N/N=C/c2ccc(F)cc2)cc1. The van der Waals surface area contributed by atoms with E-state index in [9.17, 15) is 14.0 Å². The normalized spacial score (nSPS) is 10.8. The van der Waals surface area contributed by atoms with Gasteiger partial charge in [-0.2, -0.15) is 5.10 Å². The van der Waals surface area contributed by atoms with Gasteiger partial charge in [-0.05, 0) is 42.0 Å². The lowest BCUT2D eigenvalue weighted by Gasteiger charge is -2.08. The number of carbonyl (C=O) groups is 2. The molecule has 2 aromatic rings. The molecule has 0 fully saturated rings. The van der Waals surface area contributed by atoms with E-state index in [4.69, 9.17) is 0 Å². The Morgan fingerprint density at radius 3 is 2.25 bits per heavy atom. The Morgan fingerprint density at radius 2 is 1.67 bits per heavy atom. The molecule has 0 spiro atoms. The van der Waals surface area contributed by atoms with Crippen molar-refractivity contribution < 1.29 is 14.0 Å². The summed E-state index contributed by atoms with van der Waals surface area (Å²) in [5, 5.41) is 6.57. The number of halogens is 1. The second kappa shape index (κ2) is 8.01. The van der Waals surface area contributed by atoms with E-state index in [1.165, 1.54) is 18.3 Å². The number of rotatable bonds is 5. The van der Waals surface area contributed by atoms with Crippen molar-refractivity contribution >= 4 is 23.7 Å². The van der Waals surface area contributed by atoms with Crippen molar-refractivity contribution in [2.45, 2.75) is 13.8 Å². The van der Waals surface area contributed by atoms with E-state index in [0.717, 1.165) is 0 Å². The minimum Gasteiger partial charge on any atom is -0.326 e. The van der Waals surface area contributed by atoms with E-state index < -0.39 is 0 Å². The van der Waals surface area contributed by atoms with E-state index in [-0.39, 0.29) is 23.5 Å². The first kappa shape index (κ1) is 17.3. The second-order valence-electron chi connectivity index (χ2n) is 5.47. The van der Waals surface area contributed by atoms with Crippen LogP contribution in [-0.4, -0.2) is 18.0 Å². The number of anilines is 1. The molecular formula is C18H18FN3O2. The standard InChI is InChI=1S/C18H18FN3O2/c1-12(2)17(23)21-16-9-5-14(6-10-16)18(24)22-20-11-13-3-7-15(19)8-4-13/h3-12H,1-2H3,(H,21,23)(H,22,24)/b20-11+. The van der Waals surface area contributed by atoms with E-state index in [2.05, 4.69) is 15.8 Å². The molecule has 0 aliphatic heterocycles. The quantitative estimate of drug-likeness (QED) is 0.654. The van der Waals surface area contributed by atoms with E-state index in [1.54, 1.807) is 50.2 Å². The molecule has 0 heterocycles. The maximum atomic E-state index is 12.8. The highest BCUT2D eigenvalue weighted by atomic mass is 19.1. The highest BCUT2D eigenvalue weighted by molar-refractivity contribution is 5.96. The van der Waals surface area contributed by atoms with Crippen molar-refractivity contribution in [2.24, 2.45) is 11.0 Å². The average Bonchev–Trinajstić information content (AvgIpc) is 2.57. The third-order valence-corrected chi connectivity index (χ3v) is 3.19. The number of hydrogen-bond donors (Lipinski definition) is 2. The van der Waals surface area contributed by atoms with Crippen LogP contribution in [0.3, 0.4) is 0 Å². The van der Waals surface area contributed by atoms with Crippen molar-refractivity contribution in [3.05, 3.63) is 65.5 Å². The molecule has 0 aliphatic rings. The monoisotopic (exact) mass is 327 g/mol. The second-order valence-corrected chi connectivity index (χ2v) is 5.47. The van der Waals surface area contributed by atoms with Gasteiger partial charge in [-0.15, -0.1) is 0 Å². The van der Waals surface area contributed by atoms with Crippen LogP contribution in [0.2, 0.25) is 0 Å². The molecule has 2 N–H and O–H groups in total. The van der Waals surface area contributed by atoms with Gasteiger partial charge in [0.1, 0.15) is 5.82 Å². The summed E-state index contributed by atoms with van der Waals surface area (Å²) in [6, 6.07) is 12.2. The first-order valence-electron chi connectivity index (χ1n) is 7.45. The third kappa shape index (κ3) is 5.01. The molecule has 0 unspecified atom stereocenters. The van der Waals surface area contributed by atoms with Crippen LogP contribution < -0.4 is 10.7 Å². The predicted molar refractivity (Wildman–Crippen MR) is 91.4 cm³/mol. The number of nitrogens with one attached hydrogen (secondary N) is 2. The highest BCUT2D eigenvalue weighted by Crippen LogP contribution is 2.11. The molecular weight excluding hydrogens is 309 g/mol. The Bertz CT molecular complexity index is 738. The molecule has 2 rings (SSSR count). The first-order valence-corrected chi connectivity index (χ1v) is 7.45. The summed E-state index contributed by atoms with van der Waals surface area (Å²) in [4.78, 5) is 23.6. The van der Waals surface area contributed by atoms with E-state index in [0.29, 0.717) is 16.8 Å². The molecule has 0 bridgehead atoms. The summed E-state index contributed by atoms with van der Waals surface area (Å²) < 4.78 is 12.8. The van der Waals surface area contributed by atoms with Gasteiger partial charge in [0.25, 0.3) is 5.91 Å². The van der Waals surface area contributed by atoms with Crippen molar-refractivity contribution in [2.75, 3.05) is 5.32 Å². The maximum Gasteiger partial charge on any atom is 0.271 e. The van der Waals surface area contributed by atoms with Gasteiger partial charge in [0.2, 0.25) is 5.91 Å². The Labute approximate surface area is 139 Å². The lowest BCUT2D eigenvalue weighted by Crippen LogP contribution is -2.19. The molecule has 0 aromatic heterocycles. The minimum atomic E-state index is -0.380.